The van der Waals surface area contributed by atoms with Crippen LogP contribution in [0.2, 0.25) is 0 Å². The van der Waals surface area contributed by atoms with Crippen molar-refractivity contribution in [3.05, 3.63) is 42.6 Å². The highest BCUT2D eigenvalue weighted by Crippen LogP contribution is 2.14. The van der Waals surface area contributed by atoms with Crippen LogP contribution in [0.15, 0.2) is 41.3 Å². The molecule has 0 saturated carbocycles. The van der Waals surface area contributed by atoms with Crippen LogP contribution < -0.4 is 10.5 Å². The molecule has 0 aliphatic carbocycles. The first-order valence-corrected chi connectivity index (χ1v) is 4.20. The summed E-state index contributed by atoms with van der Waals surface area (Å²) in [5.74, 6) is 1.41. The third-order valence-corrected chi connectivity index (χ3v) is 1.70. The lowest BCUT2D eigenvalue weighted by Crippen LogP contribution is -1.95. The maximum absolute atomic E-state index is 5.54. The molecule has 0 amide bonds. The highest BCUT2D eigenvalue weighted by Gasteiger charge is 1.98. The summed E-state index contributed by atoms with van der Waals surface area (Å²) in [7, 11) is 0. The number of nitrogens with two attached hydrogens (primary N) is 1. The highest BCUT2D eigenvalue weighted by atomic mass is 16.5. The third-order valence-electron chi connectivity index (χ3n) is 1.70. The molecule has 0 fully saturated rings. The molecular weight excluding hydrogens is 180 g/mol. The standard InChI is InChI=1S/C10H10N2O2/c11-8-4-10(6-12-5-8)14-7-9-2-1-3-13-9/h1-6H,7,11H2. The summed E-state index contributed by atoms with van der Waals surface area (Å²) in [5, 5.41) is 0. The Morgan fingerprint density at radius 2 is 2.36 bits per heavy atom. The predicted octanol–water partition coefficient (Wildman–Crippen LogP) is 1.84. The molecule has 0 spiro atoms. The van der Waals surface area contributed by atoms with Gasteiger partial charge in [-0.15, -0.1) is 0 Å². The number of furan rings is 1. The molecule has 0 aromatic carbocycles. The van der Waals surface area contributed by atoms with E-state index in [1.807, 2.05) is 12.1 Å². The van der Waals surface area contributed by atoms with Gasteiger partial charge in [0.05, 0.1) is 24.3 Å². The first kappa shape index (κ1) is 8.62. The summed E-state index contributed by atoms with van der Waals surface area (Å²) in [5.41, 5.74) is 6.13. The van der Waals surface area contributed by atoms with Crippen molar-refractivity contribution in [2.24, 2.45) is 0 Å². The second-order valence-electron chi connectivity index (χ2n) is 2.82. The van der Waals surface area contributed by atoms with Crippen LogP contribution in [0.4, 0.5) is 5.69 Å². The number of anilines is 1. The Bertz CT molecular complexity index is 398. The minimum absolute atomic E-state index is 0.387. The maximum atomic E-state index is 5.54. The number of hydrogen-bond acceptors (Lipinski definition) is 4. The molecule has 2 rings (SSSR count). The van der Waals surface area contributed by atoms with Crippen molar-refractivity contribution in [1.82, 2.24) is 4.98 Å². The molecule has 0 saturated heterocycles. The van der Waals surface area contributed by atoms with Gasteiger partial charge in [-0.2, -0.15) is 0 Å². The summed E-state index contributed by atoms with van der Waals surface area (Å²) in [4.78, 5) is 3.90. The second-order valence-corrected chi connectivity index (χ2v) is 2.82. The van der Waals surface area contributed by atoms with Crippen LogP contribution in [-0.4, -0.2) is 4.98 Å². The van der Waals surface area contributed by atoms with Gasteiger partial charge in [0.25, 0.3) is 0 Å². The normalized spacial score (nSPS) is 10.0. The van der Waals surface area contributed by atoms with Gasteiger partial charge >= 0.3 is 0 Å². The Morgan fingerprint density at radius 3 is 3.07 bits per heavy atom. The van der Waals surface area contributed by atoms with Gasteiger partial charge in [-0.05, 0) is 12.1 Å². The minimum Gasteiger partial charge on any atom is -0.484 e. The molecule has 2 heterocycles. The van der Waals surface area contributed by atoms with Crippen molar-refractivity contribution in [2.45, 2.75) is 6.61 Å². The van der Waals surface area contributed by atoms with Crippen molar-refractivity contribution in [3.63, 3.8) is 0 Å². The maximum Gasteiger partial charge on any atom is 0.146 e. The Kier molecular flexibility index (Phi) is 2.36. The first-order chi connectivity index (χ1) is 6.84. The molecule has 0 bridgehead atoms. The first-order valence-electron chi connectivity index (χ1n) is 4.20. The van der Waals surface area contributed by atoms with Crippen molar-refractivity contribution in [2.75, 3.05) is 5.73 Å². The molecule has 4 nitrogen and oxygen atoms in total. The molecule has 0 aliphatic heterocycles. The van der Waals surface area contributed by atoms with E-state index in [0.717, 1.165) is 5.76 Å². The lowest BCUT2D eigenvalue weighted by atomic mass is 10.4. The van der Waals surface area contributed by atoms with Crippen LogP contribution in [0.5, 0.6) is 5.75 Å². The highest BCUT2D eigenvalue weighted by molar-refractivity contribution is 5.39. The molecule has 0 radical (unpaired) electrons. The van der Waals surface area contributed by atoms with Crippen LogP contribution in [0.3, 0.4) is 0 Å². The Hall–Kier alpha value is -1.97. The van der Waals surface area contributed by atoms with Gasteiger partial charge in [0.1, 0.15) is 18.1 Å². The second kappa shape index (κ2) is 3.83. The van der Waals surface area contributed by atoms with Gasteiger partial charge in [0.2, 0.25) is 0 Å². The molecule has 0 aliphatic rings. The fourth-order valence-corrected chi connectivity index (χ4v) is 1.06. The third kappa shape index (κ3) is 2.04. The average Bonchev–Trinajstić information content (AvgIpc) is 2.67. The lowest BCUT2D eigenvalue weighted by Gasteiger charge is -2.03. The number of rotatable bonds is 3. The Labute approximate surface area is 81.3 Å². The molecule has 72 valence electrons. The number of nitrogen functional groups attached to an aromatic ring is 1. The van der Waals surface area contributed by atoms with Crippen molar-refractivity contribution >= 4 is 5.69 Å². The fraction of sp³-hybridized carbons (Fsp3) is 0.100. The predicted molar refractivity (Wildman–Crippen MR) is 51.7 cm³/mol. The topological polar surface area (TPSA) is 61.3 Å². The van der Waals surface area contributed by atoms with Crippen molar-refractivity contribution in [3.8, 4) is 5.75 Å². The fourth-order valence-electron chi connectivity index (χ4n) is 1.06. The monoisotopic (exact) mass is 190 g/mol. The van der Waals surface area contributed by atoms with Gasteiger partial charge in [-0.25, -0.2) is 0 Å². The van der Waals surface area contributed by atoms with Gasteiger partial charge in [-0.1, -0.05) is 0 Å². The van der Waals surface area contributed by atoms with E-state index in [2.05, 4.69) is 4.98 Å². The van der Waals surface area contributed by atoms with E-state index in [1.54, 1.807) is 24.7 Å². The van der Waals surface area contributed by atoms with Crippen LogP contribution in [0.1, 0.15) is 5.76 Å². The molecule has 4 heteroatoms. The molecule has 2 aromatic rings. The van der Waals surface area contributed by atoms with Gasteiger partial charge in [0, 0.05) is 6.07 Å². The van der Waals surface area contributed by atoms with Crippen LogP contribution in [0, 0.1) is 0 Å². The molecule has 2 N–H and O–H groups in total. The van der Waals surface area contributed by atoms with Gasteiger partial charge in [0.15, 0.2) is 0 Å². The van der Waals surface area contributed by atoms with Crippen LogP contribution in [-0.2, 0) is 6.61 Å². The van der Waals surface area contributed by atoms with E-state index in [9.17, 15) is 0 Å². The zero-order valence-electron chi connectivity index (χ0n) is 7.51. The number of pyridine rings is 1. The van der Waals surface area contributed by atoms with E-state index in [1.165, 1.54) is 0 Å². The minimum atomic E-state index is 0.387. The summed E-state index contributed by atoms with van der Waals surface area (Å²) < 4.78 is 10.5. The zero-order chi connectivity index (χ0) is 9.80. The smallest absolute Gasteiger partial charge is 0.146 e. The average molecular weight is 190 g/mol. The van der Waals surface area contributed by atoms with E-state index in [-0.39, 0.29) is 0 Å². The summed E-state index contributed by atoms with van der Waals surface area (Å²) >= 11 is 0. The quantitative estimate of drug-likeness (QED) is 0.802. The molecule has 0 atom stereocenters. The van der Waals surface area contributed by atoms with E-state index >= 15 is 0 Å². The largest absolute Gasteiger partial charge is 0.484 e. The zero-order valence-corrected chi connectivity index (χ0v) is 7.51. The molecule has 0 unspecified atom stereocenters. The molecule has 14 heavy (non-hydrogen) atoms. The number of ether oxygens (including phenoxy) is 1. The van der Waals surface area contributed by atoms with Gasteiger partial charge in [-0.3, -0.25) is 4.98 Å². The lowest BCUT2D eigenvalue weighted by molar-refractivity contribution is 0.269. The van der Waals surface area contributed by atoms with Crippen LogP contribution in [0.25, 0.3) is 0 Å². The SMILES string of the molecule is Nc1cncc(OCc2ccco2)c1. The van der Waals surface area contributed by atoms with E-state index < -0.39 is 0 Å². The summed E-state index contributed by atoms with van der Waals surface area (Å²) in [6, 6.07) is 5.38. The van der Waals surface area contributed by atoms with Crippen molar-refractivity contribution < 1.29 is 9.15 Å². The Morgan fingerprint density at radius 1 is 1.43 bits per heavy atom. The summed E-state index contributed by atoms with van der Waals surface area (Å²) in [6.07, 6.45) is 4.79. The number of aromatic nitrogens is 1. The number of nitrogens with zero attached hydrogens (tertiary/aromatic N) is 1. The van der Waals surface area contributed by atoms with E-state index in [0.29, 0.717) is 18.0 Å². The molecule has 2 aromatic heterocycles. The summed E-state index contributed by atoms with van der Waals surface area (Å²) in [6.45, 7) is 0.387. The van der Waals surface area contributed by atoms with Gasteiger partial charge < -0.3 is 14.9 Å². The number of hydrogen-bond donors (Lipinski definition) is 1. The Balaban J connectivity index is 1.98. The van der Waals surface area contributed by atoms with E-state index in [4.69, 9.17) is 14.9 Å². The van der Waals surface area contributed by atoms with Crippen LogP contribution >= 0.6 is 0 Å². The van der Waals surface area contributed by atoms with Crippen molar-refractivity contribution in [1.29, 1.82) is 0 Å². The molecular formula is C10H10N2O2.